The Balaban J connectivity index is 1.83. The molecule has 0 fully saturated rings. The molecule has 0 saturated carbocycles. The molecule has 0 aliphatic carbocycles. The lowest BCUT2D eigenvalue weighted by Crippen LogP contribution is -2.28. The largest absolute Gasteiger partial charge is 0.346 e. The summed E-state index contributed by atoms with van der Waals surface area (Å²) in [5.74, 6) is 2.30. The highest BCUT2D eigenvalue weighted by atomic mass is 32.2. The van der Waals surface area contributed by atoms with Gasteiger partial charge in [0.25, 0.3) is 0 Å². The molecule has 124 valence electrons. The Morgan fingerprint density at radius 2 is 2.22 bits per heavy atom. The van der Waals surface area contributed by atoms with E-state index in [0.29, 0.717) is 11.7 Å². The Morgan fingerprint density at radius 1 is 1.39 bits per heavy atom. The Kier molecular flexibility index (Phi) is 7.05. The molecule has 1 atom stereocenters. The molecule has 6 heteroatoms. The maximum absolute atomic E-state index is 12.0. The van der Waals surface area contributed by atoms with Crippen molar-refractivity contribution in [1.82, 2.24) is 15.3 Å². The van der Waals surface area contributed by atoms with Crippen molar-refractivity contribution in [1.29, 1.82) is 0 Å². The molecule has 0 saturated heterocycles. The topological polar surface area (TPSA) is 54.9 Å². The third-order valence-electron chi connectivity index (χ3n) is 3.30. The minimum atomic E-state index is -0.0661. The molecule has 0 spiro atoms. The van der Waals surface area contributed by atoms with E-state index in [1.807, 2.05) is 24.4 Å². The number of hydrogen-bond acceptors (Lipinski definition) is 5. The van der Waals surface area contributed by atoms with Gasteiger partial charge in [0.05, 0.1) is 17.5 Å². The number of carbonyl (C=O) groups is 1. The van der Waals surface area contributed by atoms with Crippen molar-refractivity contribution in [3.05, 3.63) is 34.9 Å². The van der Waals surface area contributed by atoms with E-state index < -0.39 is 0 Å². The van der Waals surface area contributed by atoms with Gasteiger partial charge in [0.15, 0.2) is 0 Å². The molecular weight excluding hydrogens is 326 g/mol. The van der Waals surface area contributed by atoms with E-state index in [1.165, 1.54) is 0 Å². The van der Waals surface area contributed by atoms with Gasteiger partial charge in [-0.25, -0.2) is 4.98 Å². The number of thioether (sulfide) groups is 1. The number of rotatable bonds is 8. The van der Waals surface area contributed by atoms with Crippen molar-refractivity contribution >= 4 is 29.0 Å². The normalized spacial score (nSPS) is 12.3. The van der Waals surface area contributed by atoms with Crippen LogP contribution in [-0.2, 0) is 4.79 Å². The molecule has 0 aromatic carbocycles. The second-order valence-electron chi connectivity index (χ2n) is 5.84. The van der Waals surface area contributed by atoms with Gasteiger partial charge in [0, 0.05) is 23.3 Å². The SMILES string of the molecule is CC(C)CCSCC(=O)N[C@@H](C)c1nc(-c2cccnc2)cs1. The highest BCUT2D eigenvalue weighted by Gasteiger charge is 2.14. The molecule has 2 heterocycles. The van der Waals surface area contributed by atoms with Crippen molar-refractivity contribution in [2.24, 2.45) is 5.92 Å². The quantitative estimate of drug-likeness (QED) is 0.727. The van der Waals surface area contributed by atoms with Gasteiger partial charge in [-0.1, -0.05) is 13.8 Å². The Hall–Kier alpha value is -1.40. The van der Waals surface area contributed by atoms with E-state index in [9.17, 15) is 4.79 Å². The first-order chi connectivity index (χ1) is 11.1. The van der Waals surface area contributed by atoms with Crippen LogP contribution < -0.4 is 5.32 Å². The van der Waals surface area contributed by atoms with Crippen LogP contribution in [0.5, 0.6) is 0 Å². The molecule has 0 aliphatic heterocycles. The summed E-state index contributed by atoms with van der Waals surface area (Å²) in [6.45, 7) is 6.37. The predicted molar refractivity (Wildman–Crippen MR) is 98.7 cm³/mol. The van der Waals surface area contributed by atoms with E-state index in [0.717, 1.165) is 28.4 Å². The predicted octanol–water partition coefficient (Wildman–Crippen LogP) is 4.16. The van der Waals surface area contributed by atoms with E-state index >= 15 is 0 Å². The summed E-state index contributed by atoms with van der Waals surface area (Å²) in [5.41, 5.74) is 1.91. The number of carbonyl (C=O) groups excluding carboxylic acids is 1. The second kappa shape index (κ2) is 9.03. The summed E-state index contributed by atoms with van der Waals surface area (Å²) in [6, 6.07) is 3.82. The average Bonchev–Trinajstić information content (AvgIpc) is 3.02. The van der Waals surface area contributed by atoms with E-state index in [1.54, 1.807) is 35.5 Å². The van der Waals surface area contributed by atoms with Crippen molar-refractivity contribution in [2.75, 3.05) is 11.5 Å². The summed E-state index contributed by atoms with van der Waals surface area (Å²) >= 11 is 3.26. The number of nitrogens with one attached hydrogen (secondary N) is 1. The molecule has 4 nitrogen and oxygen atoms in total. The Labute approximate surface area is 146 Å². The molecule has 2 rings (SSSR count). The van der Waals surface area contributed by atoms with Crippen LogP contribution >= 0.6 is 23.1 Å². The summed E-state index contributed by atoms with van der Waals surface area (Å²) in [7, 11) is 0. The van der Waals surface area contributed by atoms with Gasteiger partial charge in [-0.2, -0.15) is 11.8 Å². The van der Waals surface area contributed by atoms with Gasteiger partial charge in [-0.3, -0.25) is 9.78 Å². The van der Waals surface area contributed by atoms with Crippen LogP contribution in [0.2, 0.25) is 0 Å². The third-order valence-corrected chi connectivity index (χ3v) is 5.32. The molecule has 0 aliphatic rings. The zero-order chi connectivity index (χ0) is 16.7. The van der Waals surface area contributed by atoms with Gasteiger partial charge < -0.3 is 5.32 Å². The monoisotopic (exact) mass is 349 g/mol. The van der Waals surface area contributed by atoms with Crippen molar-refractivity contribution in [2.45, 2.75) is 33.2 Å². The van der Waals surface area contributed by atoms with Crippen molar-refractivity contribution < 1.29 is 4.79 Å². The van der Waals surface area contributed by atoms with E-state index in [-0.39, 0.29) is 11.9 Å². The first-order valence-corrected chi connectivity index (χ1v) is 9.82. The number of hydrogen-bond donors (Lipinski definition) is 1. The highest BCUT2D eigenvalue weighted by molar-refractivity contribution is 7.99. The molecule has 23 heavy (non-hydrogen) atoms. The number of thiazole rings is 1. The number of aromatic nitrogens is 2. The minimum absolute atomic E-state index is 0.0661. The lowest BCUT2D eigenvalue weighted by atomic mass is 10.2. The molecule has 2 aromatic rings. The van der Waals surface area contributed by atoms with Crippen molar-refractivity contribution in [3.63, 3.8) is 0 Å². The lowest BCUT2D eigenvalue weighted by Gasteiger charge is -2.11. The van der Waals surface area contributed by atoms with Crippen LogP contribution in [0.4, 0.5) is 0 Å². The summed E-state index contributed by atoms with van der Waals surface area (Å²) in [6.07, 6.45) is 4.69. The van der Waals surface area contributed by atoms with Gasteiger partial charge in [-0.05, 0) is 37.1 Å². The zero-order valence-corrected chi connectivity index (χ0v) is 15.4. The summed E-state index contributed by atoms with van der Waals surface area (Å²) < 4.78 is 0. The fourth-order valence-electron chi connectivity index (χ4n) is 1.96. The van der Waals surface area contributed by atoms with Crippen LogP contribution in [0.3, 0.4) is 0 Å². The van der Waals surface area contributed by atoms with Crippen molar-refractivity contribution in [3.8, 4) is 11.3 Å². The Bertz CT molecular complexity index is 613. The first kappa shape index (κ1) is 17.9. The van der Waals surface area contributed by atoms with Gasteiger partial charge in [-0.15, -0.1) is 11.3 Å². The molecule has 0 bridgehead atoms. The molecule has 1 N–H and O–H groups in total. The second-order valence-corrected chi connectivity index (χ2v) is 7.83. The fourth-order valence-corrected chi connectivity index (χ4v) is 3.85. The highest BCUT2D eigenvalue weighted by Crippen LogP contribution is 2.24. The fraction of sp³-hybridized carbons (Fsp3) is 0.471. The smallest absolute Gasteiger partial charge is 0.230 e. The number of amides is 1. The number of nitrogens with zero attached hydrogens (tertiary/aromatic N) is 2. The third kappa shape index (κ3) is 5.95. The molecule has 1 amide bonds. The van der Waals surface area contributed by atoms with Crippen LogP contribution in [0, 0.1) is 5.92 Å². The van der Waals surface area contributed by atoms with E-state index in [2.05, 4.69) is 29.1 Å². The van der Waals surface area contributed by atoms with E-state index in [4.69, 9.17) is 0 Å². The average molecular weight is 350 g/mol. The van der Waals surface area contributed by atoms with Crippen LogP contribution in [0.1, 0.15) is 38.2 Å². The van der Waals surface area contributed by atoms with Gasteiger partial charge in [0.2, 0.25) is 5.91 Å². The van der Waals surface area contributed by atoms with Crippen LogP contribution in [-0.4, -0.2) is 27.4 Å². The lowest BCUT2D eigenvalue weighted by molar-refractivity contribution is -0.119. The molecule has 0 unspecified atom stereocenters. The van der Waals surface area contributed by atoms with Gasteiger partial charge >= 0.3 is 0 Å². The number of pyridine rings is 1. The zero-order valence-electron chi connectivity index (χ0n) is 13.8. The summed E-state index contributed by atoms with van der Waals surface area (Å²) in [4.78, 5) is 20.7. The minimum Gasteiger partial charge on any atom is -0.346 e. The molecule has 0 radical (unpaired) electrons. The first-order valence-electron chi connectivity index (χ1n) is 7.79. The standard InChI is InChI=1S/C17H23N3OS2/c1-12(2)6-8-22-11-16(21)19-13(3)17-20-15(10-23-17)14-5-4-7-18-9-14/h4-5,7,9-10,12-13H,6,8,11H2,1-3H3,(H,19,21)/t13-/m0/s1. The van der Waals surface area contributed by atoms with Crippen LogP contribution in [0.25, 0.3) is 11.3 Å². The summed E-state index contributed by atoms with van der Waals surface area (Å²) in [5, 5.41) is 5.95. The van der Waals surface area contributed by atoms with Gasteiger partial charge in [0.1, 0.15) is 5.01 Å². The molecular formula is C17H23N3OS2. The maximum atomic E-state index is 12.0. The van der Waals surface area contributed by atoms with Crippen LogP contribution in [0.15, 0.2) is 29.9 Å². The molecule has 2 aromatic heterocycles. The Morgan fingerprint density at radius 3 is 2.91 bits per heavy atom. The maximum Gasteiger partial charge on any atom is 0.230 e.